The molecule has 0 bridgehead atoms. The average molecular weight is 343 g/mol. The number of ether oxygens (including phenoxy) is 2. The smallest absolute Gasteiger partial charge is 0.231 e. The minimum atomic E-state index is 0.288. The highest BCUT2D eigenvalue weighted by molar-refractivity contribution is 5.46. The SMILES string of the molecule is Cc1cc(NCCCN(C)C)nc(NCc2ccc3c(c2)OCO3)n1. The van der Waals surface area contributed by atoms with Gasteiger partial charge in [-0.2, -0.15) is 4.98 Å². The lowest BCUT2D eigenvalue weighted by Crippen LogP contribution is -2.17. The molecule has 2 aromatic rings. The summed E-state index contributed by atoms with van der Waals surface area (Å²) >= 11 is 0. The van der Waals surface area contributed by atoms with Crippen LogP contribution in [0.1, 0.15) is 17.7 Å². The third-order valence-corrected chi connectivity index (χ3v) is 3.83. The maximum absolute atomic E-state index is 5.41. The Morgan fingerprint density at radius 3 is 2.76 bits per heavy atom. The molecule has 0 unspecified atom stereocenters. The van der Waals surface area contributed by atoms with E-state index in [0.717, 1.165) is 48.1 Å². The van der Waals surface area contributed by atoms with E-state index in [1.165, 1.54) is 0 Å². The van der Waals surface area contributed by atoms with E-state index >= 15 is 0 Å². The van der Waals surface area contributed by atoms with Gasteiger partial charge in [0.2, 0.25) is 12.7 Å². The van der Waals surface area contributed by atoms with E-state index in [1.54, 1.807) is 0 Å². The molecule has 1 aliphatic heterocycles. The Balaban J connectivity index is 1.56. The van der Waals surface area contributed by atoms with E-state index in [2.05, 4.69) is 39.6 Å². The molecule has 134 valence electrons. The van der Waals surface area contributed by atoms with Crippen LogP contribution in [0.2, 0.25) is 0 Å². The summed E-state index contributed by atoms with van der Waals surface area (Å²) in [5.41, 5.74) is 2.02. The van der Waals surface area contributed by atoms with Gasteiger partial charge in [-0.3, -0.25) is 0 Å². The molecule has 0 amide bonds. The molecule has 25 heavy (non-hydrogen) atoms. The number of aryl methyl sites for hydroxylation is 1. The summed E-state index contributed by atoms with van der Waals surface area (Å²) in [6.45, 7) is 4.82. The number of rotatable bonds is 8. The second kappa shape index (κ2) is 8.02. The summed E-state index contributed by atoms with van der Waals surface area (Å²) in [7, 11) is 4.15. The van der Waals surface area contributed by atoms with Gasteiger partial charge in [-0.15, -0.1) is 0 Å². The standard InChI is InChI=1S/C18H25N5O2/c1-13-9-17(19-7-4-8-23(2)3)22-18(21-13)20-11-14-5-6-15-16(10-14)25-12-24-15/h5-6,9-10H,4,7-8,11-12H2,1-3H3,(H2,19,20,21,22). The number of hydrogen-bond acceptors (Lipinski definition) is 7. The number of nitrogens with zero attached hydrogens (tertiary/aromatic N) is 3. The third kappa shape index (κ3) is 4.96. The van der Waals surface area contributed by atoms with Crippen molar-refractivity contribution in [2.24, 2.45) is 0 Å². The number of benzene rings is 1. The molecule has 0 fully saturated rings. The van der Waals surface area contributed by atoms with Gasteiger partial charge in [-0.25, -0.2) is 4.98 Å². The van der Waals surface area contributed by atoms with E-state index in [9.17, 15) is 0 Å². The Hall–Kier alpha value is -2.54. The minimum absolute atomic E-state index is 0.288. The molecule has 2 N–H and O–H groups in total. The maximum Gasteiger partial charge on any atom is 0.231 e. The Bertz CT molecular complexity index is 721. The summed E-state index contributed by atoms with van der Waals surface area (Å²) in [6, 6.07) is 7.87. The molecule has 1 aromatic heterocycles. The van der Waals surface area contributed by atoms with Crippen LogP contribution < -0.4 is 20.1 Å². The van der Waals surface area contributed by atoms with Crippen molar-refractivity contribution in [1.29, 1.82) is 0 Å². The maximum atomic E-state index is 5.41. The van der Waals surface area contributed by atoms with Crippen LogP contribution in [0, 0.1) is 6.92 Å². The quantitative estimate of drug-likeness (QED) is 0.714. The fourth-order valence-corrected chi connectivity index (χ4v) is 2.58. The van der Waals surface area contributed by atoms with Gasteiger partial charge < -0.3 is 25.0 Å². The first-order valence-electron chi connectivity index (χ1n) is 8.47. The second-order valence-corrected chi connectivity index (χ2v) is 6.34. The lowest BCUT2D eigenvalue weighted by molar-refractivity contribution is 0.174. The van der Waals surface area contributed by atoms with Crippen molar-refractivity contribution in [2.45, 2.75) is 19.9 Å². The van der Waals surface area contributed by atoms with Crippen molar-refractivity contribution in [3.63, 3.8) is 0 Å². The topological polar surface area (TPSA) is 71.5 Å². The Labute approximate surface area is 148 Å². The van der Waals surface area contributed by atoms with Crippen LogP contribution in [-0.4, -0.2) is 48.8 Å². The van der Waals surface area contributed by atoms with E-state index in [1.807, 2.05) is 31.2 Å². The molecule has 7 nitrogen and oxygen atoms in total. The molecule has 0 atom stereocenters. The van der Waals surface area contributed by atoms with Crippen LogP contribution in [0.15, 0.2) is 24.3 Å². The van der Waals surface area contributed by atoms with Gasteiger partial charge in [0, 0.05) is 24.8 Å². The van der Waals surface area contributed by atoms with Crippen molar-refractivity contribution < 1.29 is 9.47 Å². The van der Waals surface area contributed by atoms with Gasteiger partial charge in [0.05, 0.1) is 0 Å². The zero-order valence-electron chi connectivity index (χ0n) is 15.0. The number of aromatic nitrogens is 2. The first-order chi connectivity index (χ1) is 12.1. The van der Waals surface area contributed by atoms with Crippen molar-refractivity contribution in [3.05, 3.63) is 35.5 Å². The van der Waals surface area contributed by atoms with Crippen molar-refractivity contribution >= 4 is 11.8 Å². The highest BCUT2D eigenvalue weighted by Crippen LogP contribution is 2.32. The predicted molar refractivity (Wildman–Crippen MR) is 98.3 cm³/mol. The lowest BCUT2D eigenvalue weighted by atomic mass is 10.2. The van der Waals surface area contributed by atoms with Gasteiger partial charge in [0.15, 0.2) is 11.5 Å². The van der Waals surface area contributed by atoms with E-state index < -0.39 is 0 Å². The molecule has 3 rings (SSSR count). The summed E-state index contributed by atoms with van der Waals surface area (Å²) in [5, 5.41) is 6.63. The molecule has 0 aliphatic carbocycles. The summed E-state index contributed by atoms with van der Waals surface area (Å²) in [4.78, 5) is 11.2. The molecule has 0 spiro atoms. The third-order valence-electron chi connectivity index (χ3n) is 3.83. The van der Waals surface area contributed by atoms with E-state index in [0.29, 0.717) is 12.5 Å². The largest absolute Gasteiger partial charge is 0.454 e. The Kier molecular flexibility index (Phi) is 5.55. The Morgan fingerprint density at radius 1 is 1.08 bits per heavy atom. The van der Waals surface area contributed by atoms with Crippen molar-refractivity contribution in [3.8, 4) is 11.5 Å². The molecule has 1 aromatic carbocycles. The lowest BCUT2D eigenvalue weighted by Gasteiger charge is -2.12. The summed E-state index contributed by atoms with van der Waals surface area (Å²) in [5.74, 6) is 3.04. The van der Waals surface area contributed by atoms with Crippen molar-refractivity contribution in [2.75, 3.05) is 44.6 Å². The first-order valence-corrected chi connectivity index (χ1v) is 8.47. The zero-order valence-corrected chi connectivity index (χ0v) is 15.0. The minimum Gasteiger partial charge on any atom is -0.454 e. The highest BCUT2D eigenvalue weighted by Gasteiger charge is 2.13. The fraction of sp³-hybridized carbons (Fsp3) is 0.444. The van der Waals surface area contributed by atoms with Crippen LogP contribution in [0.4, 0.5) is 11.8 Å². The highest BCUT2D eigenvalue weighted by atomic mass is 16.7. The van der Waals surface area contributed by atoms with Gasteiger partial charge >= 0.3 is 0 Å². The number of anilines is 2. The molecule has 0 saturated carbocycles. The van der Waals surface area contributed by atoms with Gasteiger partial charge in [0.25, 0.3) is 0 Å². The van der Waals surface area contributed by atoms with Crippen LogP contribution >= 0.6 is 0 Å². The van der Waals surface area contributed by atoms with Crippen LogP contribution in [0.3, 0.4) is 0 Å². The van der Waals surface area contributed by atoms with Gasteiger partial charge in [0.1, 0.15) is 5.82 Å². The van der Waals surface area contributed by atoms with Crippen LogP contribution in [-0.2, 0) is 6.54 Å². The average Bonchev–Trinajstić information content (AvgIpc) is 3.04. The van der Waals surface area contributed by atoms with E-state index in [4.69, 9.17) is 9.47 Å². The van der Waals surface area contributed by atoms with Crippen molar-refractivity contribution in [1.82, 2.24) is 14.9 Å². The van der Waals surface area contributed by atoms with Gasteiger partial charge in [-0.05, 0) is 51.7 Å². The zero-order chi connectivity index (χ0) is 17.6. The fourth-order valence-electron chi connectivity index (χ4n) is 2.58. The number of fused-ring (bicyclic) bond motifs is 1. The summed E-state index contributed by atoms with van der Waals surface area (Å²) in [6.07, 6.45) is 1.07. The van der Waals surface area contributed by atoms with E-state index in [-0.39, 0.29) is 6.79 Å². The number of hydrogen-bond donors (Lipinski definition) is 2. The second-order valence-electron chi connectivity index (χ2n) is 6.34. The van der Waals surface area contributed by atoms with Gasteiger partial charge in [-0.1, -0.05) is 6.07 Å². The molecule has 0 radical (unpaired) electrons. The molecule has 0 saturated heterocycles. The Morgan fingerprint density at radius 2 is 1.92 bits per heavy atom. The van der Waals surface area contributed by atoms with Crippen LogP contribution in [0.25, 0.3) is 0 Å². The first kappa shape index (κ1) is 17.3. The molecule has 7 heteroatoms. The number of nitrogens with one attached hydrogen (secondary N) is 2. The summed E-state index contributed by atoms with van der Waals surface area (Å²) < 4.78 is 10.7. The molecular formula is C18H25N5O2. The van der Waals surface area contributed by atoms with Crippen LogP contribution in [0.5, 0.6) is 11.5 Å². The molecule has 2 heterocycles. The predicted octanol–water partition coefficient (Wildman–Crippen LogP) is 2.49. The molecular weight excluding hydrogens is 318 g/mol. The molecule has 1 aliphatic rings. The monoisotopic (exact) mass is 343 g/mol. The normalized spacial score (nSPS) is 12.5.